The highest BCUT2D eigenvalue weighted by molar-refractivity contribution is 14.1. The molecule has 1 aromatic carbocycles. The number of hydrogen-bond acceptors (Lipinski definition) is 3. The maximum absolute atomic E-state index is 11.6. The molecule has 0 saturated carbocycles. The first-order valence-electron chi connectivity index (χ1n) is 5.25. The van der Waals surface area contributed by atoms with Gasteiger partial charge in [-0.05, 0) is 52.4 Å². The SMILES string of the molecule is O=C(NN=Cc1cccc(I)c1)c1cccnc1. The van der Waals surface area contributed by atoms with Gasteiger partial charge >= 0.3 is 0 Å². The van der Waals surface area contributed by atoms with Gasteiger partial charge in [-0.3, -0.25) is 9.78 Å². The van der Waals surface area contributed by atoms with E-state index in [9.17, 15) is 4.79 Å². The number of hydrazone groups is 1. The van der Waals surface area contributed by atoms with Gasteiger partial charge in [-0.15, -0.1) is 0 Å². The first kappa shape index (κ1) is 12.7. The molecule has 2 rings (SSSR count). The molecule has 0 aliphatic carbocycles. The lowest BCUT2D eigenvalue weighted by Gasteiger charge is -1.98. The fraction of sp³-hybridized carbons (Fsp3) is 0. The summed E-state index contributed by atoms with van der Waals surface area (Å²) in [5.74, 6) is -0.273. The summed E-state index contributed by atoms with van der Waals surface area (Å²) in [5.41, 5.74) is 3.88. The average molecular weight is 351 g/mol. The van der Waals surface area contributed by atoms with Crippen molar-refractivity contribution in [3.05, 3.63) is 63.5 Å². The molecule has 18 heavy (non-hydrogen) atoms. The van der Waals surface area contributed by atoms with Gasteiger partial charge in [0, 0.05) is 16.0 Å². The molecule has 0 bridgehead atoms. The number of nitrogens with zero attached hydrogens (tertiary/aromatic N) is 2. The Morgan fingerprint density at radius 1 is 1.33 bits per heavy atom. The van der Waals surface area contributed by atoms with Crippen molar-refractivity contribution in [2.45, 2.75) is 0 Å². The molecule has 0 radical (unpaired) electrons. The van der Waals surface area contributed by atoms with Gasteiger partial charge in [-0.2, -0.15) is 5.10 Å². The molecule has 1 heterocycles. The van der Waals surface area contributed by atoms with Gasteiger partial charge in [-0.1, -0.05) is 12.1 Å². The van der Waals surface area contributed by atoms with Gasteiger partial charge in [0.2, 0.25) is 0 Å². The highest BCUT2D eigenvalue weighted by atomic mass is 127. The maximum atomic E-state index is 11.6. The summed E-state index contributed by atoms with van der Waals surface area (Å²) in [6.45, 7) is 0. The van der Waals surface area contributed by atoms with Crippen LogP contribution in [-0.2, 0) is 0 Å². The zero-order chi connectivity index (χ0) is 12.8. The fourth-order valence-corrected chi connectivity index (χ4v) is 1.88. The molecule has 0 saturated heterocycles. The van der Waals surface area contributed by atoms with Gasteiger partial charge in [0.15, 0.2) is 0 Å². The van der Waals surface area contributed by atoms with Crippen molar-refractivity contribution >= 4 is 34.7 Å². The van der Waals surface area contributed by atoms with Crippen molar-refractivity contribution in [2.75, 3.05) is 0 Å². The number of hydrogen-bond donors (Lipinski definition) is 1. The predicted octanol–water partition coefficient (Wildman–Crippen LogP) is 2.45. The minimum absolute atomic E-state index is 0.273. The molecule has 0 spiro atoms. The van der Waals surface area contributed by atoms with Crippen LogP contribution in [0, 0.1) is 3.57 Å². The second kappa shape index (κ2) is 6.25. The highest BCUT2D eigenvalue weighted by Gasteiger charge is 2.02. The average Bonchev–Trinajstić information content (AvgIpc) is 2.40. The Morgan fingerprint density at radius 3 is 2.94 bits per heavy atom. The van der Waals surface area contributed by atoms with E-state index in [1.807, 2.05) is 24.3 Å². The Morgan fingerprint density at radius 2 is 2.22 bits per heavy atom. The Kier molecular flexibility index (Phi) is 4.40. The summed E-state index contributed by atoms with van der Waals surface area (Å²) >= 11 is 2.22. The van der Waals surface area contributed by atoms with Crippen LogP contribution in [0.2, 0.25) is 0 Å². The van der Waals surface area contributed by atoms with Gasteiger partial charge in [0.05, 0.1) is 11.8 Å². The Hall–Kier alpha value is -1.76. The first-order chi connectivity index (χ1) is 8.75. The van der Waals surface area contributed by atoms with E-state index in [-0.39, 0.29) is 5.91 Å². The molecule has 0 aliphatic heterocycles. The number of rotatable bonds is 3. The van der Waals surface area contributed by atoms with Crippen LogP contribution >= 0.6 is 22.6 Å². The molecule has 0 fully saturated rings. The molecule has 4 nitrogen and oxygen atoms in total. The van der Waals surface area contributed by atoms with Crippen LogP contribution in [0.15, 0.2) is 53.9 Å². The lowest BCUT2D eigenvalue weighted by molar-refractivity contribution is 0.0955. The fourth-order valence-electron chi connectivity index (χ4n) is 1.31. The topological polar surface area (TPSA) is 54.4 Å². The minimum Gasteiger partial charge on any atom is -0.267 e. The number of benzene rings is 1. The third-order valence-electron chi connectivity index (χ3n) is 2.15. The molecule has 0 atom stereocenters. The van der Waals surface area contributed by atoms with Crippen molar-refractivity contribution in [3.8, 4) is 0 Å². The second-order valence-corrected chi connectivity index (χ2v) is 4.74. The molecular weight excluding hydrogens is 341 g/mol. The normalized spacial score (nSPS) is 10.5. The summed E-state index contributed by atoms with van der Waals surface area (Å²) in [5, 5.41) is 3.90. The molecule has 0 aliphatic rings. The number of pyridine rings is 1. The van der Waals surface area contributed by atoms with Crippen molar-refractivity contribution < 1.29 is 4.79 Å². The third-order valence-corrected chi connectivity index (χ3v) is 2.82. The van der Waals surface area contributed by atoms with E-state index in [4.69, 9.17) is 0 Å². The lowest BCUT2D eigenvalue weighted by atomic mass is 10.2. The third kappa shape index (κ3) is 3.63. The van der Waals surface area contributed by atoms with Crippen molar-refractivity contribution in [1.29, 1.82) is 0 Å². The lowest BCUT2D eigenvalue weighted by Crippen LogP contribution is -2.17. The van der Waals surface area contributed by atoms with Crippen LogP contribution in [0.25, 0.3) is 0 Å². The number of carbonyl (C=O) groups excluding carboxylic acids is 1. The van der Waals surface area contributed by atoms with Crippen molar-refractivity contribution in [1.82, 2.24) is 10.4 Å². The maximum Gasteiger partial charge on any atom is 0.272 e. The van der Waals surface area contributed by atoms with Crippen LogP contribution in [-0.4, -0.2) is 17.1 Å². The number of nitrogens with one attached hydrogen (secondary N) is 1. The first-order valence-corrected chi connectivity index (χ1v) is 6.32. The van der Waals surface area contributed by atoms with E-state index >= 15 is 0 Å². The van der Waals surface area contributed by atoms with Crippen LogP contribution in [0.4, 0.5) is 0 Å². The Balaban J connectivity index is 1.98. The summed E-state index contributed by atoms with van der Waals surface area (Å²) in [4.78, 5) is 15.5. The van der Waals surface area contributed by atoms with Crippen LogP contribution in [0.3, 0.4) is 0 Å². The largest absolute Gasteiger partial charge is 0.272 e. The monoisotopic (exact) mass is 351 g/mol. The quantitative estimate of drug-likeness (QED) is 0.525. The minimum atomic E-state index is -0.273. The molecule has 0 unspecified atom stereocenters. The standard InChI is InChI=1S/C13H10IN3O/c14-12-5-1-3-10(7-12)8-16-17-13(18)11-4-2-6-15-9-11/h1-9H,(H,17,18). The van der Waals surface area contributed by atoms with E-state index in [2.05, 4.69) is 38.1 Å². The molecule has 1 aromatic heterocycles. The van der Waals surface area contributed by atoms with Crippen molar-refractivity contribution in [2.24, 2.45) is 5.10 Å². The predicted molar refractivity (Wildman–Crippen MR) is 78.5 cm³/mol. The number of aromatic nitrogens is 1. The van der Waals surface area contributed by atoms with E-state index in [1.165, 1.54) is 6.20 Å². The highest BCUT2D eigenvalue weighted by Crippen LogP contribution is 2.05. The second-order valence-electron chi connectivity index (χ2n) is 3.50. The summed E-state index contributed by atoms with van der Waals surface area (Å²) in [6, 6.07) is 11.2. The van der Waals surface area contributed by atoms with E-state index in [0.717, 1.165) is 9.13 Å². The van der Waals surface area contributed by atoms with Crippen LogP contribution < -0.4 is 5.43 Å². The van der Waals surface area contributed by atoms with E-state index < -0.39 is 0 Å². The zero-order valence-electron chi connectivity index (χ0n) is 9.38. The van der Waals surface area contributed by atoms with Gasteiger partial charge in [-0.25, -0.2) is 5.43 Å². The van der Waals surface area contributed by atoms with Gasteiger partial charge in [0.1, 0.15) is 0 Å². The summed E-state index contributed by atoms with van der Waals surface area (Å²) < 4.78 is 1.12. The number of carbonyl (C=O) groups is 1. The smallest absolute Gasteiger partial charge is 0.267 e. The Labute approximate surface area is 118 Å². The number of halogens is 1. The molecule has 2 aromatic rings. The molecular formula is C13H10IN3O. The van der Waals surface area contributed by atoms with Gasteiger partial charge in [0.25, 0.3) is 5.91 Å². The van der Waals surface area contributed by atoms with Crippen LogP contribution in [0.1, 0.15) is 15.9 Å². The molecule has 90 valence electrons. The summed E-state index contributed by atoms with van der Waals surface area (Å²) in [7, 11) is 0. The zero-order valence-corrected chi connectivity index (χ0v) is 11.5. The van der Waals surface area contributed by atoms with Crippen molar-refractivity contribution in [3.63, 3.8) is 0 Å². The molecule has 1 N–H and O–H groups in total. The van der Waals surface area contributed by atoms with Gasteiger partial charge < -0.3 is 0 Å². The molecule has 5 heteroatoms. The van der Waals surface area contributed by atoms with Crippen LogP contribution in [0.5, 0.6) is 0 Å². The Bertz CT molecular complexity index is 569. The van der Waals surface area contributed by atoms with E-state index in [0.29, 0.717) is 5.56 Å². The molecule has 1 amide bonds. The summed E-state index contributed by atoms with van der Waals surface area (Å²) in [6.07, 6.45) is 4.72. The van der Waals surface area contributed by atoms with E-state index in [1.54, 1.807) is 24.5 Å². The number of amides is 1.